The Morgan fingerprint density at radius 1 is 1.30 bits per heavy atom. The maximum atomic E-state index is 13.6. The largest absolute Gasteiger partial charge is 0.338 e. The summed E-state index contributed by atoms with van der Waals surface area (Å²) in [6.07, 6.45) is 0.460. The van der Waals surface area contributed by atoms with Gasteiger partial charge in [-0.05, 0) is 30.9 Å². The summed E-state index contributed by atoms with van der Waals surface area (Å²) in [7, 11) is 0. The number of H-pyrrole nitrogens is 1. The second kappa shape index (κ2) is 4.77. The highest BCUT2D eigenvalue weighted by atomic mass is 19.3. The van der Waals surface area contributed by atoms with Crippen LogP contribution in [0.4, 0.5) is 13.2 Å². The summed E-state index contributed by atoms with van der Waals surface area (Å²) in [4.78, 5) is 7.16. The Kier molecular flexibility index (Phi) is 3.20. The molecule has 1 atom stereocenters. The van der Waals surface area contributed by atoms with E-state index in [0.717, 1.165) is 0 Å². The van der Waals surface area contributed by atoms with E-state index in [1.807, 2.05) is 0 Å². The number of benzene rings is 1. The Balaban J connectivity index is 1.82. The predicted molar refractivity (Wildman–Crippen MR) is 69.9 cm³/mol. The number of alkyl halides is 2. The number of nitrogens with one attached hydrogen (secondary N) is 1. The van der Waals surface area contributed by atoms with Gasteiger partial charge in [0.15, 0.2) is 0 Å². The number of aromatic amines is 1. The number of halogens is 3. The van der Waals surface area contributed by atoms with Crippen LogP contribution in [0.25, 0.3) is 11.0 Å². The predicted octanol–water partition coefficient (Wildman–Crippen LogP) is 3.53. The highest BCUT2D eigenvalue weighted by molar-refractivity contribution is 5.75. The van der Waals surface area contributed by atoms with Gasteiger partial charge in [0.05, 0.1) is 11.6 Å². The van der Waals surface area contributed by atoms with Gasteiger partial charge in [0.1, 0.15) is 17.2 Å². The standard InChI is InChI=1S/C14H16F3N3/c15-9-2-1-3-10-12(9)20-13(19-10)11(18)8-4-6-14(16,17)7-5-8/h1-3,8,11H,4-7,18H2,(H,19,20). The van der Waals surface area contributed by atoms with E-state index in [1.165, 1.54) is 6.07 Å². The molecule has 6 heteroatoms. The lowest BCUT2D eigenvalue weighted by Gasteiger charge is -2.31. The normalized spacial score (nSPS) is 21.2. The highest BCUT2D eigenvalue weighted by Gasteiger charge is 2.37. The van der Waals surface area contributed by atoms with E-state index in [1.54, 1.807) is 12.1 Å². The molecule has 1 unspecified atom stereocenters. The molecule has 0 saturated heterocycles. The molecule has 108 valence electrons. The SMILES string of the molecule is NC(c1nc2cccc(F)c2[nH]1)C1CCC(F)(F)CC1. The van der Waals surface area contributed by atoms with Crippen LogP contribution in [0.1, 0.15) is 37.5 Å². The lowest BCUT2D eigenvalue weighted by molar-refractivity contribution is -0.0486. The molecule has 2 aromatic rings. The minimum atomic E-state index is -2.57. The zero-order valence-electron chi connectivity index (χ0n) is 10.9. The van der Waals surface area contributed by atoms with E-state index in [9.17, 15) is 13.2 Å². The summed E-state index contributed by atoms with van der Waals surface area (Å²) < 4.78 is 39.9. The third kappa shape index (κ3) is 2.40. The molecule has 1 aromatic carbocycles. The van der Waals surface area contributed by atoms with E-state index < -0.39 is 12.0 Å². The van der Waals surface area contributed by atoms with Crippen molar-refractivity contribution in [3.05, 3.63) is 29.8 Å². The summed E-state index contributed by atoms with van der Waals surface area (Å²) in [5.41, 5.74) is 6.94. The van der Waals surface area contributed by atoms with Gasteiger partial charge in [-0.1, -0.05) is 6.07 Å². The Hall–Kier alpha value is -1.56. The molecule has 0 bridgehead atoms. The van der Waals surface area contributed by atoms with E-state index in [4.69, 9.17) is 5.73 Å². The number of para-hydroxylation sites is 1. The molecule has 1 aromatic heterocycles. The van der Waals surface area contributed by atoms with E-state index in [0.29, 0.717) is 29.7 Å². The van der Waals surface area contributed by atoms with Gasteiger partial charge in [0.2, 0.25) is 5.92 Å². The zero-order chi connectivity index (χ0) is 14.3. The second-order valence-electron chi connectivity index (χ2n) is 5.48. The summed E-state index contributed by atoms with van der Waals surface area (Å²) in [6, 6.07) is 4.16. The van der Waals surface area contributed by atoms with Crippen molar-refractivity contribution in [2.75, 3.05) is 0 Å². The van der Waals surface area contributed by atoms with Gasteiger partial charge in [-0.25, -0.2) is 18.2 Å². The van der Waals surface area contributed by atoms with Crippen LogP contribution in [0, 0.1) is 11.7 Å². The van der Waals surface area contributed by atoms with Crippen LogP contribution in [0.2, 0.25) is 0 Å². The number of aromatic nitrogens is 2. The minimum Gasteiger partial charge on any atom is -0.338 e. The first-order valence-corrected chi connectivity index (χ1v) is 6.74. The Morgan fingerprint density at radius 2 is 2.00 bits per heavy atom. The van der Waals surface area contributed by atoms with Crippen LogP contribution < -0.4 is 5.73 Å². The van der Waals surface area contributed by atoms with Crippen LogP contribution in [-0.4, -0.2) is 15.9 Å². The van der Waals surface area contributed by atoms with Crippen molar-refractivity contribution >= 4 is 11.0 Å². The van der Waals surface area contributed by atoms with Gasteiger partial charge in [0.25, 0.3) is 0 Å². The highest BCUT2D eigenvalue weighted by Crippen LogP contribution is 2.40. The summed E-state index contributed by atoms with van der Waals surface area (Å²) in [5.74, 6) is -2.53. The molecule has 0 aliphatic heterocycles. The van der Waals surface area contributed by atoms with Crippen LogP contribution in [0.3, 0.4) is 0 Å². The fourth-order valence-corrected chi connectivity index (χ4v) is 2.82. The van der Waals surface area contributed by atoms with Crippen LogP contribution in [0.15, 0.2) is 18.2 Å². The van der Waals surface area contributed by atoms with Crippen LogP contribution in [-0.2, 0) is 0 Å². The van der Waals surface area contributed by atoms with Crippen molar-refractivity contribution in [3.8, 4) is 0 Å². The van der Waals surface area contributed by atoms with Crippen molar-refractivity contribution < 1.29 is 13.2 Å². The van der Waals surface area contributed by atoms with Gasteiger partial charge in [0, 0.05) is 12.8 Å². The fraction of sp³-hybridized carbons (Fsp3) is 0.500. The van der Waals surface area contributed by atoms with Crippen LogP contribution >= 0.6 is 0 Å². The first-order chi connectivity index (χ1) is 9.46. The zero-order valence-corrected chi connectivity index (χ0v) is 10.9. The Labute approximate surface area is 114 Å². The number of imidazole rings is 1. The molecule has 3 nitrogen and oxygen atoms in total. The molecule has 3 rings (SSSR count). The van der Waals surface area contributed by atoms with Crippen molar-refractivity contribution in [3.63, 3.8) is 0 Å². The quantitative estimate of drug-likeness (QED) is 0.886. The maximum absolute atomic E-state index is 13.6. The number of nitrogens with two attached hydrogens (primary N) is 1. The first kappa shape index (κ1) is 13.4. The Bertz CT molecular complexity index is 613. The second-order valence-corrected chi connectivity index (χ2v) is 5.48. The smallest absolute Gasteiger partial charge is 0.248 e. The molecule has 1 fully saturated rings. The van der Waals surface area contributed by atoms with Gasteiger partial charge >= 0.3 is 0 Å². The van der Waals surface area contributed by atoms with Gasteiger partial charge < -0.3 is 10.7 Å². The molecular formula is C14H16F3N3. The van der Waals surface area contributed by atoms with E-state index in [2.05, 4.69) is 9.97 Å². The molecule has 1 saturated carbocycles. The molecule has 1 aliphatic carbocycles. The summed E-state index contributed by atoms with van der Waals surface area (Å²) in [5, 5.41) is 0. The first-order valence-electron chi connectivity index (χ1n) is 6.74. The maximum Gasteiger partial charge on any atom is 0.248 e. The van der Waals surface area contributed by atoms with Crippen molar-refractivity contribution in [2.45, 2.75) is 37.6 Å². The van der Waals surface area contributed by atoms with Gasteiger partial charge in [-0.3, -0.25) is 0 Å². The molecule has 1 heterocycles. The molecule has 0 spiro atoms. The lowest BCUT2D eigenvalue weighted by atomic mass is 9.82. The number of fused-ring (bicyclic) bond motifs is 1. The third-order valence-corrected chi connectivity index (χ3v) is 4.07. The topological polar surface area (TPSA) is 54.7 Å². The molecule has 0 radical (unpaired) electrons. The molecule has 20 heavy (non-hydrogen) atoms. The average molecular weight is 283 g/mol. The minimum absolute atomic E-state index is 0.0433. The monoisotopic (exact) mass is 283 g/mol. The Morgan fingerprint density at radius 3 is 2.65 bits per heavy atom. The molecule has 3 N–H and O–H groups in total. The molecule has 1 aliphatic rings. The lowest BCUT2D eigenvalue weighted by Crippen LogP contribution is -2.31. The number of hydrogen-bond donors (Lipinski definition) is 2. The van der Waals surface area contributed by atoms with E-state index in [-0.39, 0.29) is 24.6 Å². The summed E-state index contributed by atoms with van der Waals surface area (Å²) in [6.45, 7) is 0. The van der Waals surface area contributed by atoms with Crippen molar-refractivity contribution in [1.29, 1.82) is 0 Å². The van der Waals surface area contributed by atoms with E-state index >= 15 is 0 Å². The van der Waals surface area contributed by atoms with Crippen LogP contribution in [0.5, 0.6) is 0 Å². The summed E-state index contributed by atoms with van der Waals surface area (Å²) >= 11 is 0. The fourth-order valence-electron chi connectivity index (χ4n) is 2.82. The van der Waals surface area contributed by atoms with Gasteiger partial charge in [-0.2, -0.15) is 0 Å². The van der Waals surface area contributed by atoms with Gasteiger partial charge in [-0.15, -0.1) is 0 Å². The van der Waals surface area contributed by atoms with Crippen molar-refractivity contribution in [2.24, 2.45) is 11.7 Å². The number of rotatable bonds is 2. The number of nitrogens with zero attached hydrogens (tertiary/aromatic N) is 1. The van der Waals surface area contributed by atoms with Crippen molar-refractivity contribution in [1.82, 2.24) is 9.97 Å². The average Bonchev–Trinajstić information content (AvgIpc) is 2.83. The number of hydrogen-bond acceptors (Lipinski definition) is 2. The molecule has 0 amide bonds. The molecular weight excluding hydrogens is 267 g/mol. The third-order valence-electron chi connectivity index (χ3n) is 4.07.